The summed E-state index contributed by atoms with van der Waals surface area (Å²) in [6.45, 7) is 15.1. The summed E-state index contributed by atoms with van der Waals surface area (Å²) in [6.07, 6.45) is 0. The van der Waals surface area contributed by atoms with Crippen LogP contribution in [0.1, 0.15) is 41.5 Å². The second-order valence-electron chi connectivity index (χ2n) is 5.70. The van der Waals surface area contributed by atoms with Crippen molar-refractivity contribution < 1.29 is 4.79 Å². The highest BCUT2D eigenvalue weighted by Gasteiger charge is 2.14. The van der Waals surface area contributed by atoms with Gasteiger partial charge in [-0.25, -0.2) is 0 Å². The molecule has 0 atom stereocenters. The van der Waals surface area contributed by atoms with Gasteiger partial charge in [-0.15, -0.1) is 0 Å². The fourth-order valence-corrected chi connectivity index (χ4v) is 1.93. The van der Waals surface area contributed by atoms with Crippen molar-refractivity contribution in [1.29, 1.82) is 0 Å². The predicted octanol–water partition coefficient (Wildman–Crippen LogP) is 1.56. The van der Waals surface area contributed by atoms with Crippen molar-refractivity contribution in [3.63, 3.8) is 0 Å². The van der Waals surface area contributed by atoms with Gasteiger partial charge in [0.1, 0.15) is 0 Å². The van der Waals surface area contributed by atoms with Crippen LogP contribution in [0.4, 0.5) is 0 Å². The van der Waals surface area contributed by atoms with Gasteiger partial charge in [0.05, 0.1) is 6.54 Å². The largest absolute Gasteiger partial charge is 0.342 e. The van der Waals surface area contributed by atoms with E-state index >= 15 is 0 Å². The number of rotatable bonds is 8. The van der Waals surface area contributed by atoms with Gasteiger partial charge in [0.2, 0.25) is 5.91 Å². The lowest BCUT2D eigenvalue weighted by Crippen LogP contribution is -2.44. The van der Waals surface area contributed by atoms with Gasteiger partial charge < -0.3 is 10.2 Å². The number of nitrogens with one attached hydrogen (secondary N) is 1. The summed E-state index contributed by atoms with van der Waals surface area (Å²) >= 11 is 0. The minimum absolute atomic E-state index is 0.158. The summed E-state index contributed by atoms with van der Waals surface area (Å²) in [6, 6.07) is 1.35. The molecule has 0 aromatic rings. The highest BCUT2D eigenvalue weighted by Crippen LogP contribution is 2.03. The van der Waals surface area contributed by atoms with Crippen molar-refractivity contribution in [2.24, 2.45) is 0 Å². The number of carbonyl (C=O) groups is 1. The molecule has 4 heteroatoms. The minimum atomic E-state index is 0.158. The first-order valence-corrected chi connectivity index (χ1v) is 6.99. The fraction of sp³-hybridized carbons (Fsp3) is 0.929. The Hall–Kier alpha value is -0.610. The van der Waals surface area contributed by atoms with Crippen molar-refractivity contribution in [1.82, 2.24) is 15.1 Å². The van der Waals surface area contributed by atoms with Gasteiger partial charge in [-0.2, -0.15) is 0 Å². The molecule has 0 bridgehead atoms. The van der Waals surface area contributed by atoms with E-state index in [9.17, 15) is 4.79 Å². The van der Waals surface area contributed by atoms with Gasteiger partial charge in [-0.3, -0.25) is 9.69 Å². The molecule has 0 spiro atoms. The van der Waals surface area contributed by atoms with E-state index in [0.717, 1.165) is 13.1 Å². The second-order valence-corrected chi connectivity index (χ2v) is 5.70. The van der Waals surface area contributed by atoms with Crippen molar-refractivity contribution in [2.75, 3.05) is 26.7 Å². The Kier molecular flexibility index (Phi) is 8.20. The molecular formula is C14H31N3O. The zero-order valence-electron chi connectivity index (χ0n) is 13.2. The third-order valence-corrected chi connectivity index (χ3v) is 3.32. The molecule has 0 aromatic carbocycles. The van der Waals surface area contributed by atoms with E-state index < -0.39 is 0 Å². The quantitative estimate of drug-likeness (QED) is 0.670. The van der Waals surface area contributed by atoms with E-state index in [1.165, 1.54) is 0 Å². The Balaban J connectivity index is 3.88. The van der Waals surface area contributed by atoms with Crippen LogP contribution >= 0.6 is 0 Å². The Bertz CT molecular complexity index is 231. The van der Waals surface area contributed by atoms with Gasteiger partial charge in [0.25, 0.3) is 0 Å². The first kappa shape index (κ1) is 17.4. The molecule has 0 heterocycles. The number of carbonyl (C=O) groups excluding carboxylic acids is 1. The van der Waals surface area contributed by atoms with Crippen LogP contribution in [0.3, 0.4) is 0 Å². The smallest absolute Gasteiger partial charge is 0.236 e. The maximum absolute atomic E-state index is 11.7. The van der Waals surface area contributed by atoms with E-state index in [2.05, 4.69) is 37.9 Å². The standard InChI is InChI=1S/C14H31N3O/c1-11(2)16(7)14(18)10-15-8-9-17(12(3)4)13(5)6/h11-13,15H,8-10H2,1-7H3. The third kappa shape index (κ3) is 6.36. The van der Waals surface area contributed by atoms with E-state index in [-0.39, 0.29) is 11.9 Å². The van der Waals surface area contributed by atoms with Crippen LogP contribution in [0.25, 0.3) is 0 Å². The van der Waals surface area contributed by atoms with Crippen LogP contribution in [-0.4, -0.2) is 60.5 Å². The first-order valence-electron chi connectivity index (χ1n) is 6.99. The van der Waals surface area contributed by atoms with Crippen molar-refractivity contribution in [2.45, 2.75) is 59.7 Å². The van der Waals surface area contributed by atoms with Crippen LogP contribution in [0.5, 0.6) is 0 Å². The zero-order chi connectivity index (χ0) is 14.3. The van der Waals surface area contributed by atoms with Crippen molar-refractivity contribution >= 4 is 5.91 Å². The topological polar surface area (TPSA) is 35.6 Å². The molecule has 0 aliphatic rings. The average Bonchev–Trinajstić information content (AvgIpc) is 2.26. The molecular weight excluding hydrogens is 226 g/mol. The van der Waals surface area contributed by atoms with Crippen LogP contribution < -0.4 is 5.32 Å². The molecule has 0 fully saturated rings. The molecule has 0 saturated carbocycles. The number of hydrogen-bond donors (Lipinski definition) is 1. The summed E-state index contributed by atoms with van der Waals surface area (Å²) in [5, 5.41) is 3.23. The maximum atomic E-state index is 11.7. The van der Waals surface area contributed by atoms with Crippen molar-refractivity contribution in [3.05, 3.63) is 0 Å². The first-order chi connectivity index (χ1) is 8.27. The van der Waals surface area contributed by atoms with E-state index in [1.54, 1.807) is 4.90 Å². The Morgan fingerprint density at radius 3 is 1.89 bits per heavy atom. The van der Waals surface area contributed by atoms with Gasteiger partial charge in [-0.05, 0) is 41.5 Å². The summed E-state index contributed by atoms with van der Waals surface area (Å²) in [5.74, 6) is 0.158. The van der Waals surface area contributed by atoms with Crippen LogP contribution in [0, 0.1) is 0 Å². The summed E-state index contributed by atoms with van der Waals surface area (Å²) in [5.41, 5.74) is 0. The molecule has 0 aliphatic carbocycles. The Labute approximate surface area is 113 Å². The number of hydrogen-bond acceptors (Lipinski definition) is 3. The molecule has 1 amide bonds. The third-order valence-electron chi connectivity index (χ3n) is 3.32. The average molecular weight is 257 g/mol. The van der Waals surface area contributed by atoms with Crippen molar-refractivity contribution in [3.8, 4) is 0 Å². The van der Waals surface area contributed by atoms with Gasteiger partial charge in [0, 0.05) is 38.3 Å². The van der Waals surface area contributed by atoms with Crippen LogP contribution in [0.15, 0.2) is 0 Å². The molecule has 0 rings (SSSR count). The minimum Gasteiger partial charge on any atom is -0.342 e. The predicted molar refractivity (Wildman–Crippen MR) is 77.8 cm³/mol. The SMILES string of the molecule is CC(C)N(C)C(=O)CNCCN(C(C)C)C(C)C. The zero-order valence-corrected chi connectivity index (χ0v) is 13.2. The van der Waals surface area contributed by atoms with Crippen LogP contribution in [-0.2, 0) is 4.79 Å². The molecule has 18 heavy (non-hydrogen) atoms. The van der Waals surface area contributed by atoms with Crippen LogP contribution in [0.2, 0.25) is 0 Å². The summed E-state index contributed by atoms with van der Waals surface area (Å²) < 4.78 is 0. The lowest BCUT2D eigenvalue weighted by Gasteiger charge is -2.30. The molecule has 0 unspecified atom stereocenters. The number of amides is 1. The van der Waals surface area contributed by atoms with E-state index in [4.69, 9.17) is 0 Å². The number of likely N-dealkylation sites (N-methyl/N-ethyl adjacent to an activating group) is 1. The molecule has 0 aliphatic heterocycles. The summed E-state index contributed by atoms with van der Waals surface area (Å²) in [4.78, 5) is 15.9. The Morgan fingerprint density at radius 2 is 1.50 bits per heavy atom. The highest BCUT2D eigenvalue weighted by molar-refractivity contribution is 5.78. The van der Waals surface area contributed by atoms with Gasteiger partial charge in [-0.1, -0.05) is 0 Å². The van der Waals surface area contributed by atoms with Gasteiger partial charge >= 0.3 is 0 Å². The summed E-state index contributed by atoms with van der Waals surface area (Å²) in [7, 11) is 1.85. The molecule has 1 N–H and O–H groups in total. The second kappa shape index (κ2) is 8.48. The lowest BCUT2D eigenvalue weighted by molar-refractivity contribution is -0.130. The van der Waals surface area contributed by atoms with E-state index in [1.807, 2.05) is 20.9 Å². The molecule has 108 valence electrons. The van der Waals surface area contributed by atoms with E-state index in [0.29, 0.717) is 18.6 Å². The molecule has 0 radical (unpaired) electrons. The molecule has 4 nitrogen and oxygen atoms in total. The normalized spacial score (nSPS) is 11.9. The Morgan fingerprint density at radius 1 is 1.00 bits per heavy atom. The molecule has 0 saturated heterocycles. The fourth-order valence-electron chi connectivity index (χ4n) is 1.93. The highest BCUT2D eigenvalue weighted by atomic mass is 16.2. The van der Waals surface area contributed by atoms with Gasteiger partial charge in [0.15, 0.2) is 0 Å². The monoisotopic (exact) mass is 257 g/mol. The maximum Gasteiger partial charge on any atom is 0.236 e. The molecule has 0 aromatic heterocycles. The lowest BCUT2D eigenvalue weighted by atomic mass is 10.2. The number of nitrogens with zero attached hydrogens (tertiary/aromatic N) is 2.